The number of hydrogen-bond donors (Lipinski definition) is 1. The van der Waals surface area contributed by atoms with E-state index in [1.54, 1.807) is 7.11 Å². The lowest BCUT2D eigenvalue weighted by atomic mass is 10.1. The summed E-state index contributed by atoms with van der Waals surface area (Å²) in [7, 11) is 1.67. The number of aryl methyl sites for hydroxylation is 1. The molecule has 1 N–H and O–H groups in total. The van der Waals surface area contributed by atoms with Crippen LogP contribution in [-0.4, -0.2) is 35.7 Å². The van der Waals surface area contributed by atoms with Gasteiger partial charge in [0.1, 0.15) is 5.75 Å². The minimum atomic E-state index is -0.733. The summed E-state index contributed by atoms with van der Waals surface area (Å²) in [6, 6.07) is 6.87. The molecule has 102 valence electrons. The zero-order valence-electron chi connectivity index (χ0n) is 11.1. The fourth-order valence-corrected chi connectivity index (χ4v) is 3.09. The molecule has 4 heteroatoms. The van der Waals surface area contributed by atoms with Gasteiger partial charge in [0.25, 0.3) is 0 Å². The highest BCUT2D eigenvalue weighted by Gasteiger charge is 2.38. The molecule has 1 fully saturated rings. The topological polar surface area (TPSA) is 49.8 Å². The van der Waals surface area contributed by atoms with Crippen molar-refractivity contribution in [2.24, 2.45) is 0 Å². The summed E-state index contributed by atoms with van der Waals surface area (Å²) in [6.45, 7) is 0.145. The third-order valence-corrected chi connectivity index (χ3v) is 4.13. The number of fused-ring (bicyclic) bond motifs is 1. The standard InChI is InChI=1S/C15H19NO3/c1-19-12-6-2-10-3-7-14(13(10)8-12)16(9-15(17)18)11-4-5-11/h2,6,8,11,14H,3-5,7,9H2,1H3,(H,17,18). The summed E-state index contributed by atoms with van der Waals surface area (Å²) in [5, 5.41) is 9.10. The number of methoxy groups -OCH3 is 1. The Morgan fingerprint density at radius 1 is 1.42 bits per heavy atom. The van der Waals surface area contributed by atoms with Gasteiger partial charge in [-0.15, -0.1) is 0 Å². The SMILES string of the molecule is COc1ccc2c(c1)C(N(CC(=O)O)C1CC1)CC2. The average molecular weight is 261 g/mol. The molecule has 1 atom stereocenters. The van der Waals surface area contributed by atoms with E-state index in [4.69, 9.17) is 9.84 Å². The Labute approximate surface area is 113 Å². The van der Waals surface area contributed by atoms with Gasteiger partial charge >= 0.3 is 5.97 Å². The van der Waals surface area contributed by atoms with Crippen molar-refractivity contribution in [2.75, 3.05) is 13.7 Å². The summed E-state index contributed by atoms with van der Waals surface area (Å²) in [5.41, 5.74) is 2.59. The highest BCUT2D eigenvalue weighted by atomic mass is 16.5. The van der Waals surface area contributed by atoms with E-state index in [1.165, 1.54) is 11.1 Å². The van der Waals surface area contributed by atoms with Crippen molar-refractivity contribution in [1.29, 1.82) is 0 Å². The minimum absolute atomic E-state index is 0.145. The molecule has 0 heterocycles. The molecule has 1 unspecified atom stereocenters. The number of carbonyl (C=O) groups is 1. The Kier molecular flexibility index (Phi) is 3.19. The van der Waals surface area contributed by atoms with Crippen LogP contribution in [0.25, 0.3) is 0 Å². The van der Waals surface area contributed by atoms with Gasteiger partial charge in [-0.05, 0) is 48.9 Å². The number of rotatable bonds is 5. The first-order valence-corrected chi connectivity index (χ1v) is 6.83. The van der Waals surface area contributed by atoms with Gasteiger partial charge in [0.05, 0.1) is 13.7 Å². The number of hydrogen-bond acceptors (Lipinski definition) is 3. The molecular weight excluding hydrogens is 242 g/mol. The highest BCUT2D eigenvalue weighted by molar-refractivity contribution is 5.69. The smallest absolute Gasteiger partial charge is 0.317 e. The van der Waals surface area contributed by atoms with E-state index in [1.807, 2.05) is 6.07 Å². The minimum Gasteiger partial charge on any atom is -0.497 e. The number of aliphatic carboxylic acids is 1. The summed E-state index contributed by atoms with van der Waals surface area (Å²) >= 11 is 0. The van der Waals surface area contributed by atoms with Crippen molar-refractivity contribution in [3.63, 3.8) is 0 Å². The Morgan fingerprint density at radius 2 is 2.21 bits per heavy atom. The predicted molar refractivity (Wildman–Crippen MR) is 71.4 cm³/mol. The second-order valence-electron chi connectivity index (χ2n) is 5.42. The van der Waals surface area contributed by atoms with Gasteiger partial charge in [0.15, 0.2) is 0 Å². The lowest BCUT2D eigenvalue weighted by molar-refractivity contribution is -0.139. The lowest BCUT2D eigenvalue weighted by Crippen LogP contribution is -2.34. The van der Waals surface area contributed by atoms with E-state index in [-0.39, 0.29) is 12.6 Å². The molecule has 4 nitrogen and oxygen atoms in total. The third kappa shape index (κ3) is 2.45. The second kappa shape index (κ2) is 4.85. The number of nitrogens with zero attached hydrogens (tertiary/aromatic N) is 1. The number of benzene rings is 1. The molecule has 0 radical (unpaired) electrons. The Balaban J connectivity index is 1.88. The average Bonchev–Trinajstić information content (AvgIpc) is 3.15. The van der Waals surface area contributed by atoms with Crippen LogP contribution in [0, 0.1) is 0 Å². The maximum absolute atomic E-state index is 11.1. The Morgan fingerprint density at radius 3 is 2.84 bits per heavy atom. The van der Waals surface area contributed by atoms with Crippen LogP contribution in [0.5, 0.6) is 5.75 Å². The van der Waals surface area contributed by atoms with Gasteiger partial charge in [-0.2, -0.15) is 0 Å². The molecule has 0 aliphatic heterocycles. The molecule has 1 saturated carbocycles. The molecule has 0 spiro atoms. The van der Waals surface area contributed by atoms with Gasteiger partial charge in [0, 0.05) is 12.1 Å². The van der Waals surface area contributed by atoms with Gasteiger partial charge in [-0.3, -0.25) is 9.69 Å². The first kappa shape index (κ1) is 12.5. The molecule has 0 bridgehead atoms. The first-order valence-electron chi connectivity index (χ1n) is 6.83. The van der Waals surface area contributed by atoms with Crippen LogP contribution in [0.1, 0.15) is 36.4 Å². The molecule has 0 aromatic heterocycles. The first-order chi connectivity index (χ1) is 9.19. The van der Waals surface area contributed by atoms with Crippen LogP contribution in [0.4, 0.5) is 0 Å². The highest BCUT2D eigenvalue weighted by Crippen LogP contribution is 2.42. The largest absolute Gasteiger partial charge is 0.497 e. The van der Waals surface area contributed by atoms with Gasteiger partial charge < -0.3 is 9.84 Å². The van der Waals surface area contributed by atoms with Crippen LogP contribution < -0.4 is 4.74 Å². The normalized spacial score (nSPS) is 21.5. The fourth-order valence-electron chi connectivity index (χ4n) is 3.09. The van der Waals surface area contributed by atoms with Crippen LogP contribution in [0.15, 0.2) is 18.2 Å². The molecule has 0 amide bonds. The summed E-state index contributed by atoms with van der Waals surface area (Å²) < 4.78 is 5.29. The van der Waals surface area contributed by atoms with E-state index in [0.717, 1.165) is 31.4 Å². The molecule has 1 aromatic rings. The zero-order chi connectivity index (χ0) is 13.4. The Bertz CT molecular complexity index is 496. The molecule has 2 aliphatic carbocycles. The van der Waals surface area contributed by atoms with E-state index >= 15 is 0 Å². The summed E-state index contributed by atoms with van der Waals surface area (Å²) in [5.74, 6) is 0.125. The third-order valence-electron chi connectivity index (χ3n) is 4.13. The molecule has 3 rings (SSSR count). The molecule has 19 heavy (non-hydrogen) atoms. The van der Waals surface area contributed by atoms with Crippen molar-refractivity contribution >= 4 is 5.97 Å². The number of carboxylic acids is 1. The summed E-state index contributed by atoms with van der Waals surface area (Å²) in [4.78, 5) is 13.2. The molecule has 0 saturated heterocycles. The Hall–Kier alpha value is -1.55. The van der Waals surface area contributed by atoms with E-state index in [0.29, 0.717) is 6.04 Å². The lowest BCUT2D eigenvalue weighted by Gasteiger charge is -2.28. The van der Waals surface area contributed by atoms with Gasteiger partial charge in [-0.25, -0.2) is 0 Å². The van der Waals surface area contributed by atoms with Crippen LogP contribution >= 0.6 is 0 Å². The van der Waals surface area contributed by atoms with Crippen LogP contribution in [0.2, 0.25) is 0 Å². The molecule has 1 aromatic carbocycles. The van der Waals surface area contributed by atoms with Crippen LogP contribution in [-0.2, 0) is 11.2 Å². The fraction of sp³-hybridized carbons (Fsp3) is 0.533. The van der Waals surface area contributed by atoms with Crippen LogP contribution in [0.3, 0.4) is 0 Å². The molecular formula is C15H19NO3. The van der Waals surface area contributed by atoms with E-state index in [2.05, 4.69) is 17.0 Å². The number of ether oxygens (including phenoxy) is 1. The van der Waals surface area contributed by atoms with Crippen molar-refractivity contribution in [2.45, 2.75) is 37.8 Å². The zero-order valence-corrected chi connectivity index (χ0v) is 11.1. The maximum atomic E-state index is 11.1. The van der Waals surface area contributed by atoms with Crippen molar-refractivity contribution < 1.29 is 14.6 Å². The predicted octanol–water partition coefficient (Wildman–Crippen LogP) is 2.23. The maximum Gasteiger partial charge on any atom is 0.317 e. The van der Waals surface area contributed by atoms with Gasteiger partial charge in [0.2, 0.25) is 0 Å². The quantitative estimate of drug-likeness (QED) is 0.883. The summed E-state index contributed by atoms with van der Waals surface area (Å²) in [6.07, 6.45) is 4.31. The second-order valence-corrected chi connectivity index (χ2v) is 5.42. The van der Waals surface area contributed by atoms with Crippen molar-refractivity contribution in [3.8, 4) is 5.75 Å². The van der Waals surface area contributed by atoms with E-state index < -0.39 is 5.97 Å². The number of carboxylic acid groups (broad SMARTS) is 1. The van der Waals surface area contributed by atoms with E-state index in [9.17, 15) is 4.79 Å². The molecule has 2 aliphatic rings. The van der Waals surface area contributed by atoms with Gasteiger partial charge in [-0.1, -0.05) is 6.07 Å². The van der Waals surface area contributed by atoms with Crippen molar-refractivity contribution in [1.82, 2.24) is 4.90 Å². The van der Waals surface area contributed by atoms with Crippen molar-refractivity contribution in [3.05, 3.63) is 29.3 Å². The monoisotopic (exact) mass is 261 g/mol.